The van der Waals surface area contributed by atoms with Gasteiger partial charge < -0.3 is 9.47 Å². The van der Waals surface area contributed by atoms with Gasteiger partial charge in [-0.2, -0.15) is 5.26 Å². The lowest BCUT2D eigenvalue weighted by Crippen LogP contribution is -2.51. The van der Waals surface area contributed by atoms with Crippen molar-refractivity contribution in [3.05, 3.63) is 11.1 Å². The van der Waals surface area contributed by atoms with Crippen LogP contribution in [-0.2, 0) is 9.47 Å². The molecule has 0 saturated carbocycles. The normalized spacial score (nSPS) is 28.0. The zero-order chi connectivity index (χ0) is 15.9. The van der Waals surface area contributed by atoms with Gasteiger partial charge in [-0.05, 0) is 37.6 Å². The third-order valence-electron chi connectivity index (χ3n) is 3.83. The molecule has 0 unspecified atom stereocenters. The van der Waals surface area contributed by atoms with Crippen LogP contribution in [0.2, 0.25) is 0 Å². The van der Waals surface area contributed by atoms with Crippen LogP contribution < -0.4 is 0 Å². The lowest BCUT2D eigenvalue weighted by Gasteiger charge is -2.45. The Morgan fingerprint density at radius 1 is 1.38 bits per heavy atom. The zero-order valence-corrected chi connectivity index (χ0v) is 15.2. The molecule has 0 aromatic carbocycles. The molecule has 120 valence electrons. The molecule has 21 heavy (non-hydrogen) atoms. The van der Waals surface area contributed by atoms with E-state index in [1.54, 1.807) is 0 Å². The fraction of sp³-hybridized carbons (Fsp3) is 0.824. The molecule has 0 bridgehead atoms. The minimum absolute atomic E-state index is 0.105. The summed E-state index contributed by atoms with van der Waals surface area (Å²) in [6.07, 6.45) is 8.04. The summed E-state index contributed by atoms with van der Waals surface area (Å²) in [6, 6.07) is 2.40. The summed E-state index contributed by atoms with van der Waals surface area (Å²) in [6.45, 7) is 9.87. The van der Waals surface area contributed by atoms with E-state index < -0.39 is 11.4 Å². The zero-order valence-electron chi connectivity index (χ0n) is 13.6. The molecule has 4 heteroatoms. The molecule has 0 amide bonds. The van der Waals surface area contributed by atoms with Crippen LogP contribution >= 0.6 is 15.9 Å². The number of nitrogens with zero attached hydrogens (tertiary/aromatic N) is 1. The summed E-state index contributed by atoms with van der Waals surface area (Å²) < 4.78 is 12.9. The number of rotatable bonds is 8. The van der Waals surface area contributed by atoms with Crippen molar-refractivity contribution in [3.63, 3.8) is 0 Å². The maximum absolute atomic E-state index is 9.64. The molecule has 0 spiro atoms. The van der Waals surface area contributed by atoms with Crippen LogP contribution in [0.5, 0.6) is 0 Å². The highest BCUT2D eigenvalue weighted by atomic mass is 79.9. The van der Waals surface area contributed by atoms with E-state index in [1.807, 2.05) is 13.8 Å². The summed E-state index contributed by atoms with van der Waals surface area (Å²) in [7, 11) is 0. The molecule has 3 nitrogen and oxygen atoms in total. The summed E-state index contributed by atoms with van der Waals surface area (Å²) in [4.78, 5) is 0. The largest absolute Gasteiger partial charge is 0.347 e. The van der Waals surface area contributed by atoms with Crippen LogP contribution in [0.4, 0.5) is 0 Å². The average Bonchev–Trinajstić information content (AvgIpc) is 2.40. The molecule has 0 aromatic rings. The fourth-order valence-electron chi connectivity index (χ4n) is 2.92. The van der Waals surface area contributed by atoms with E-state index in [-0.39, 0.29) is 6.10 Å². The van der Waals surface area contributed by atoms with Crippen LogP contribution in [0, 0.1) is 11.3 Å². The predicted octanol–water partition coefficient (Wildman–Crippen LogP) is 5.45. The molecule has 1 rings (SSSR count). The van der Waals surface area contributed by atoms with Crippen molar-refractivity contribution < 1.29 is 9.47 Å². The first kappa shape index (κ1) is 18.7. The van der Waals surface area contributed by atoms with E-state index >= 15 is 0 Å². The maximum atomic E-state index is 9.64. The van der Waals surface area contributed by atoms with E-state index in [0.717, 1.165) is 23.7 Å². The molecule has 1 heterocycles. The van der Waals surface area contributed by atoms with Gasteiger partial charge in [0.05, 0.1) is 12.2 Å². The van der Waals surface area contributed by atoms with Crippen molar-refractivity contribution in [3.8, 4) is 6.07 Å². The van der Waals surface area contributed by atoms with E-state index in [4.69, 9.17) is 9.47 Å². The van der Waals surface area contributed by atoms with E-state index in [2.05, 4.69) is 35.5 Å². The molecule has 1 aliphatic rings. The van der Waals surface area contributed by atoms with Crippen LogP contribution in [0.15, 0.2) is 11.1 Å². The van der Waals surface area contributed by atoms with Crippen molar-refractivity contribution in [1.82, 2.24) is 0 Å². The Balaban J connectivity index is 2.66. The summed E-state index contributed by atoms with van der Waals surface area (Å²) in [5.74, 6) is -0.697. The van der Waals surface area contributed by atoms with Crippen molar-refractivity contribution in [2.24, 2.45) is 0 Å². The topological polar surface area (TPSA) is 42.2 Å². The van der Waals surface area contributed by atoms with Gasteiger partial charge in [-0.3, -0.25) is 0 Å². The number of allylic oxidation sites excluding steroid dienone is 1. The van der Waals surface area contributed by atoms with Crippen molar-refractivity contribution in [1.29, 1.82) is 5.26 Å². The van der Waals surface area contributed by atoms with E-state index in [1.165, 1.54) is 19.3 Å². The Labute approximate surface area is 137 Å². The summed E-state index contributed by atoms with van der Waals surface area (Å²) in [5.41, 5.74) is -0.756. The molecular weight excluding hydrogens is 330 g/mol. The first-order chi connectivity index (χ1) is 9.82. The third kappa shape index (κ3) is 6.50. The van der Waals surface area contributed by atoms with Crippen LogP contribution in [0.3, 0.4) is 0 Å². The van der Waals surface area contributed by atoms with E-state index in [0.29, 0.717) is 12.8 Å². The lowest BCUT2D eigenvalue weighted by atomic mass is 9.88. The minimum Gasteiger partial charge on any atom is -0.347 e. The molecule has 2 atom stereocenters. The monoisotopic (exact) mass is 357 g/mol. The van der Waals surface area contributed by atoms with Gasteiger partial charge in [-0.1, -0.05) is 55.1 Å². The highest BCUT2D eigenvalue weighted by molar-refractivity contribution is 9.11. The molecule has 1 aliphatic heterocycles. The third-order valence-corrected chi connectivity index (χ3v) is 4.23. The van der Waals surface area contributed by atoms with Crippen LogP contribution in [-0.4, -0.2) is 17.5 Å². The van der Waals surface area contributed by atoms with E-state index in [9.17, 15) is 5.26 Å². The highest BCUT2D eigenvalue weighted by Gasteiger charge is 2.45. The van der Waals surface area contributed by atoms with Gasteiger partial charge in [0.2, 0.25) is 0 Å². The van der Waals surface area contributed by atoms with Gasteiger partial charge in [0.1, 0.15) is 0 Å². The van der Waals surface area contributed by atoms with Gasteiger partial charge in [-0.25, -0.2) is 0 Å². The highest BCUT2D eigenvalue weighted by Crippen LogP contribution is 2.39. The first-order valence-corrected chi connectivity index (χ1v) is 8.74. The van der Waals surface area contributed by atoms with Crippen molar-refractivity contribution >= 4 is 15.9 Å². The second-order valence-corrected chi connectivity index (χ2v) is 7.54. The fourth-order valence-corrected chi connectivity index (χ4v) is 3.12. The molecular formula is C17H28BrNO2. The Morgan fingerprint density at radius 2 is 2.10 bits per heavy atom. The second-order valence-electron chi connectivity index (χ2n) is 6.42. The number of hydrogen-bond donors (Lipinski definition) is 0. The molecule has 1 saturated heterocycles. The van der Waals surface area contributed by atoms with Gasteiger partial charge in [0.15, 0.2) is 11.4 Å². The van der Waals surface area contributed by atoms with Crippen molar-refractivity contribution in [2.75, 3.05) is 0 Å². The van der Waals surface area contributed by atoms with Gasteiger partial charge in [-0.15, -0.1) is 0 Å². The Hall–Kier alpha value is -0.370. The number of nitriles is 1. The standard InChI is InChI=1S/C17H28BrNO2/c1-5-6-7-8-9-15-12-17(13-19,11-10-14(2)18)21-16(3,4)20-15/h15H,2,5-12H2,1,3-4H3/t15-,17+/m0/s1. The SMILES string of the molecule is C=C(Br)CC[C@]1(C#N)C[C@H](CCCCCC)OC(C)(C)O1. The molecule has 0 aliphatic carbocycles. The number of halogens is 1. The van der Waals surface area contributed by atoms with Gasteiger partial charge in [0, 0.05) is 6.42 Å². The first-order valence-electron chi connectivity index (χ1n) is 7.95. The Bertz CT molecular complexity index is 389. The minimum atomic E-state index is -0.756. The van der Waals surface area contributed by atoms with Crippen molar-refractivity contribution in [2.45, 2.75) is 89.6 Å². The molecule has 1 fully saturated rings. The Kier molecular flexibility index (Phi) is 7.39. The molecule has 0 aromatic heterocycles. The van der Waals surface area contributed by atoms with Gasteiger partial charge in [0.25, 0.3) is 0 Å². The molecule has 0 N–H and O–H groups in total. The van der Waals surface area contributed by atoms with Crippen LogP contribution in [0.1, 0.15) is 72.1 Å². The quantitative estimate of drug-likeness (QED) is 0.542. The van der Waals surface area contributed by atoms with Gasteiger partial charge >= 0.3 is 0 Å². The lowest BCUT2D eigenvalue weighted by molar-refractivity contribution is -0.321. The number of unbranched alkanes of at least 4 members (excludes halogenated alkanes) is 3. The maximum Gasteiger partial charge on any atom is 0.165 e. The van der Waals surface area contributed by atoms with Crippen LogP contribution in [0.25, 0.3) is 0 Å². The molecule has 0 radical (unpaired) electrons. The predicted molar refractivity (Wildman–Crippen MR) is 89.1 cm³/mol. The average molecular weight is 358 g/mol. The second kappa shape index (κ2) is 8.31. The smallest absolute Gasteiger partial charge is 0.165 e. The summed E-state index contributed by atoms with van der Waals surface area (Å²) in [5, 5.41) is 9.64. The Morgan fingerprint density at radius 3 is 2.67 bits per heavy atom. The number of hydrogen-bond acceptors (Lipinski definition) is 3. The summed E-state index contributed by atoms with van der Waals surface area (Å²) >= 11 is 3.37. The number of ether oxygens (including phenoxy) is 2.